The molecular formula is C14H27F2N2O8PS. The van der Waals surface area contributed by atoms with E-state index < -0.39 is 50.0 Å². The summed E-state index contributed by atoms with van der Waals surface area (Å²) in [5, 5.41) is 11.4. The molecule has 0 aromatic carbocycles. The summed E-state index contributed by atoms with van der Waals surface area (Å²) in [6.07, 6.45) is -3.10. The first-order chi connectivity index (χ1) is 12.8. The lowest BCUT2D eigenvalue weighted by Gasteiger charge is -2.19. The minimum atomic E-state index is -5.53. The second-order valence-corrected chi connectivity index (χ2v) is 8.73. The van der Waals surface area contributed by atoms with E-state index in [1.54, 1.807) is 0 Å². The van der Waals surface area contributed by atoms with Crippen LogP contribution in [0, 0.1) is 0 Å². The van der Waals surface area contributed by atoms with E-state index in [-0.39, 0.29) is 31.1 Å². The quantitative estimate of drug-likeness (QED) is 0.105. The first-order valence-electron chi connectivity index (χ1n) is 8.27. The maximum absolute atomic E-state index is 13.1. The molecule has 0 aromatic heterocycles. The lowest BCUT2D eigenvalue weighted by atomic mass is 10.3. The van der Waals surface area contributed by atoms with E-state index in [0.717, 1.165) is 0 Å². The zero-order valence-electron chi connectivity index (χ0n) is 15.5. The summed E-state index contributed by atoms with van der Waals surface area (Å²) in [6.45, 7) is 2.35. The highest BCUT2D eigenvalue weighted by molar-refractivity contribution is 7.99. The molecule has 10 nitrogen and oxygen atoms in total. The zero-order valence-corrected chi connectivity index (χ0v) is 17.3. The van der Waals surface area contributed by atoms with Crippen molar-refractivity contribution in [1.82, 2.24) is 5.32 Å². The lowest BCUT2D eigenvalue weighted by molar-refractivity contribution is -0.155. The highest BCUT2D eigenvalue weighted by Crippen LogP contribution is 2.55. The average molecular weight is 452 g/mol. The summed E-state index contributed by atoms with van der Waals surface area (Å²) in [6, 6.07) is -0.969. The molecular weight excluding hydrogens is 425 g/mol. The Morgan fingerprint density at radius 3 is 2.43 bits per heavy atom. The molecule has 0 aliphatic heterocycles. The number of nitrogens with two attached hydrogens (primary N) is 1. The van der Waals surface area contributed by atoms with E-state index in [1.165, 1.54) is 25.6 Å². The molecule has 6 N–H and O–H groups in total. The lowest BCUT2D eigenvalue weighted by Crippen LogP contribution is -2.43. The number of carbonyl (C=O) groups is 2. The molecule has 0 heterocycles. The van der Waals surface area contributed by atoms with Gasteiger partial charge in [-0.2, -0.15) is 20.5 Å². The number of halogens is 2. The van der Waals surface area contributed by atoms with Crippen molar-refractivity contribution in [2.75, 3.05) is 24.7 Å². The van der Waals surface area contributed by atoms with Gasteiger partial charge in [-0.25, -0.2) is 0 Å². The maximum Gasteiger partial charge on any atom is 0.394 e. The van der Waals surface area contributed by atoms with Crippen LogP contribution in [-0.4, -0.2) is 75.5 Å². The summed E-state index contributed by atoms with van der Waals surface area (Å²) in [4.78, 5) is 39.9. The Balaban J connectivity index is 4.19. The Bertz CT molecular complexity index is 549. The van der Waals surface area contributed by atoms with E-state index in [1.807, 2.05) is 0 Å². The molecule has 3 atom stereocenters. The second-order valence-electron chi connectivity index (χ2n) is 5.91. The third-order valence-electron chi connectivity index (χ3n) is 3.17. The Hall–Kier alpha value is -0.820. The fourth-order valence-electron chi connectivity index (χ4n) is 1.79. The van der Waals surface area contributed by atoms with Crippen LogP contribution in [0.25, 0.3) is 0 Å². The molecule has 0 rings (SSSR count). The fraction of sp³-hybridized carbons (Fsp3) is 0.857. The molecule has 0 fully saturated rings. The van der Waals surface area contributed by atoms with Crippen LogP contribution in [0.4, 0.5) is 8.78 Å². The van der Waals surface area contributed by atoms with Crippen LogP contribution in [0.2, 0.25) is 0 Å². The highest BCUT2D eigenvalue weighted by atomic mass is 32.2. The van der Waals surface area contributed by atoms with Gasteiger partial charge in [0.1, 0.15) is 6.10 Å². The van der Waals surface area contributed by atoms with Gasteiger partial charge in [-0.05, 0) is 13.3 Å². The summed E-state index contributed by atoms with van der Waals surface area (Å²) in [7, 11) is -5.53. The van der Waals surface area contributed by atoms with E-state index >= 15 is 0 Å². The van der Waals surface area contributed by atoms with Crippen molar-refractivity contribution in [3.8, 4) is 0 Å². The largest absolute Gasteiger partial charge is 0.459 e. The summed E-state index contributed by atoms with van der Waals surface area (Å²) in [5.41, 5.74) is 1.54. The number of aliphatic hydroxyl groups excluding tert-OH is 1. The molecule has 0 aliphatic carbocycles. The van der Waals surface area contributed by atoms with Crippen LogP contribution in [-0.2, 0) is 23.6 Å². The van der Waals surface area contributed by atoms with E-state index in [0.29, 0.717) is 0 Å². The number of thioether (sulfide) groups is 1. The highest BCUT2D eigenvalue weighted by Gasteiger charge is 2.47. The predicted octanol–water partition coefficient (Wildman–Crippen LogP) is 0.000400. The van der Waals surface area contributed by atoms with Crippen molar-refractivity contribution >= 4 is 31.2 Å². The molecule has 14 heteroatoms. The van der Waals surface area contributed by atoms with Crippen molar-refractivity contribution in [2.24, 2.45) is 5.73 Å². The van der Waals surface area contributed by atoms with Gasteiger partial charge in [0.25, 0.3) is 0 Å². The van der Waals surface area contributed by atoms with Crippen molar-refractivity contribution in [3.05, 3.63) is 0 Å². The molecule has 0 radical (unpaired) electrons. The number of nitrogens with one attached hydrogen (secondary N) is 1. The van der Waals surface area contributed by atoms with Crippen LogP contribution >= 0.6 is 19.4 Å². The maximum atomic E-state index is 13.1. The van der Waals surface area contributed by atoms with Gasteiger partial charge >= 0.3 is 19.2 Å². The third kappa shape index (κ3) is 11.9. The molecule has 1 unspecified atom stereocenters. The Morgan fingerprint density at radius 1 is 1.32 bits per heavy atom. The van der Waals surface area contributed by atoms with E-state index in [2.05, 4.69) is 5.32 Å². The van der Waals surface area contributed by atoms with Gasteiger partial charge in [-0.1, -0.05) is 0 Å². The topological polar surface area (TPSA) is 168 Å². The monoisotopic (exact) mass is 452 g/mol. The predicted molar refractivity (Wildman–Crippen MR) is 97.7 cm³/mol. The Labute approximate surface area is 165 Å². The number of hydrogen-bond acceptors (Lipinski definition) is 8. The molecule has 0 bridgehead atoms. The smallest absolute Gasteiger partial charge is 0.394 e. The van der Waals surface area contributed by atoms with Gasteiger partial charge in [-0.3, -0.25) is 14.2 Å². The van der Waals surface area contributed by atoms with Crippen LogP contribution in [0.3, 0.4) is 0 Å². The number of carbonyl (C=O) groups excluding carboxylic acids is 2. The minimum Gasteiger partial charge on any atom is -0.459 e. The molecule has 0 saturated heterocycles. The number of aliphatic hydroxyl groups is 1. The van der Waals surface area contributed by atoms with E-state index in [9.17, 15) is 22.9 Å². The SMILES string of the molecule is CC(=O)O[C@H](COC(C)O)CSC[C@H](N)C(=O)NCCCC(F)(F)P(=O)(O)O. The summed E-state index contributed by atoms with van der Waals surface area (Å²) in [5.74, 6) is -0.760. The number of rotatable bonds is 14. The van der Waals surface area contributed by atoms with Gasteiger partial charge in [0.15, 0.2) is 6.29 Å². The third-order valence-corrected chi connectivity index (χ3v) is 5.45. The first kappa shape index (κ1) is 27.2. The van der Waals surface area contributed by atoms with Gasteiger partial charge in [0.05, 0.1) is 12.6 Å². The molecule has 28 heavy (non-hydrogen) atoms. The summed E-state index contributed by atoms with van der Waals surface area (Å²) >= 11 is 1.19. The zero-order chi connectivity index (χ0) is 22.0. The number of esters is 1. The number of ether oxygens (including phenoxy) is 2. The minimum absolute atomic E-state index is 0.0422. The van der Waals surface area contributed by atoms with Gasteiger partial charge < -0.3 is 35.4 Å². The summed E-state index contributed by atoms with van der Waals surface area (Å²) < 4.78 is 46.8. The van der Waals surface area contributed by atoms with Crippen molar-refractivity contribution in [2.45, 2.75) is 50.8 Å². The molecule has 1 amide bonds. The normalized spacial score (nSPS) is 15.6. The van der Waals surface area contributed by atoms with Gasteiger partial charge in [-0.15, -0.1) is 0 Å². The van der Waals surface area contributed by atoms with Gasteiger partial charge in [0.2, 0.25) is 5.91 Å². The second kappa shape index (κ2) is 12.7. The number of hydrogen-bond donors (Lipinski definition) is 5. The van der Waals surface area contributed by atoms with Crippen LogP contribution in [0.15, 0.2) is 0 Å². The standard InChI is InChI=1S/C14H27F2N2O8PS/c1-9(19)25-6-11(26-10(2)20)7-28-8-12(17)13(21)18-5-3-4-14(15,16)27(22,23)24/h9,11-12,19H,3-8,17H2,1-2H3,(H,18,21)(H2,22,23,24)/t9?,11-,12+/m1/s1. The van der Waals surface area contributed by atoms with Crippen LogP contribution in [0.5, 0.6) is 0 Å². The number of amides is 1. The average Bonchev–Trinajstić information content (AvgIpc) is 2.54. The van der Waals surface area contributed by atoms with Crippen molar-refractivity contribution in [3.63, 3.8) is 0 Å². The Kier molecular flexibility index (Phi) is 12.3. The number of alkyl halides is 2. The van der Waals surface area contributed by atoms with Crippen molar-refractivity contribution < 1.29 is 47.3 Å². The van der Waals surface area contributed by atoms with Gasteiger partial charge in [0, 0.05) is 31.4 Å². The van der Waals surface area contributed by atoms with Crippen LogP contribution < -0.4 is 11.1 Å². The molecule has 0 spiro atoms. The molecule has 166 valence electrons. The first-order valence-corrected chi connectivity index (χ1v) is 11.0. The fourth-order valence-corrected chi connectivity index (χ4v) is 3.21. The molecule has 0 aliphatic rings. The van der Waals surface area contributed by atoms with Crippen molar-refractivity contribution in [1.29, 1.82) is 0 Å². The molecule has 0 aromatic rings. The van der Waals surface area contributed by atoms with Crippen LogP contribution in [0.1, 0.15) is 26.7 Å². The molecule has 0 saturated carbocycles. The Morgan fingerprint density at radius 2 is 1.93 bits per heavy atom. The van der Waals surface area contributed by atoms with E-state index in [4.69, 9.17) is 30.1 Å².